The molecule has 0 aliphatic heterocycles. The highest BCUT2D eigenvalue weighted by atomic mass is 32.2. The highest BCUT2D eigenvalue weighted by Crippen LogP contribution is 2.43. The Kier molecular flexibility index (Phi) is 4.28. The van der Waals surface area contributed by atoms with Crippen molar-refractivity contribution in [1.29, 1.82) is 0 Å². The number of hydrogen-bond acceptors (Lipinski definition) is 3. The van der Waals surface area contributed by atoms with E-state index in [9.17, 15) is 8.42 Å². The van der Waals surface area contributed by atoms with Crippen molar-refractivity contribution in [2.45, 2.75) is 44.0 Å². The van der Waals surface area contributed by atoms with Gasteiger partial charge < -0.3 is 5.73 Å². The molecule has 19 heavy (non-hydrogen) atoms. The maximum atomic E-state index is 12.2. The van der Waals surface area contributed by atoms with Gasteiger partial charge in [-0.3, -0.25) is 0 Å². The number of sulfonamides is 1. The Bertz CT molecular complexity index is 513. The first kappa shape index (κ1) is 14.5. The van der Waals surface area contributed by atoms with Crippen LogP contribution in [-0.2, 0) is 16.6 Å². The summed E-state index contributed by atoms with van der Waals surface area (Å²) in [4.78, 5) is 0.315. The molecule has 0 bridgehead atoms. The van der Waals surface area contributed by atoms with Gasteiger partial charge in [0, 0.05) is 13.1 Å². The predicted octanol–water partition coefficient (Wildman–Crippen LogP) is 2.00. The van der Waals surface area contributed by atoms with Crippen molar-refractivity contribution >= 4 is 10.0 Å². The van der Waals surface area contributed by atoms with Crippen LogP contribution in [0.25, 0.3) is 0 Å². The molecule has 0 radical (unpaired) electrons. The van der Waals surface area contributed by atoms with Gasteiger partial charge in [0.2, 0.25) is 10.0 Å². The van der Waals surface area contributed by atoms with E-state index in [0.29, 0.717) is 18.0 Å². The van der Waals surface area contributed by atoms with E-state index in [1.54, 1.807) is 24.3 Å². The average molecular weight is 282 g/mol. The molecule has 0 spiro atoms. The Hall–Kier alpha value is -0.910. The third kappa shape index (κ3) is 3.16. The molecule has 0 heterocycles. The quantitative estimate of drug-likeness (QED) is 0.838. The summed E-state index contributed by atoms with van der Waals surface area (Å²) in [5.41, 5.74) is 6.62. The lowest BCUT2D eigenvalue weighted by Crippen LogP contribution is -2.41. The fourth-order valence-corrected chi connectivity index (χ4v) is 3.63. The molecule has 1 aliphatic rings. The molecule has 1 aromatic rings. The van der Waals surface area contributed by atoms with E-state index in [1.807, 2.05) is 0 Å². The van der Waals surface area contributed by atoms with Crippen LogP contribution in [0, 0.1) is 5.41 Å². The average Bonchev–Trinajstić information content (AvgIpc) is 2.38. The lowest BCUT2D eigenvalue weighted by molar-refractivity contribution is 0.133. The van der Waals surface area contributed by atoms with Gasteiger partial charge in [0.25, 0.3) is 0 Å². The van der Waals surface area contributed by atoms with Crippen LogP contribution in [0.15, 0.2) is 29.2 Å². The Balaban J connectivity index is 2.05. The lowest BCUT2D eigenvalue weighted by Gasteiger charge is -2.41. The fraction of sp³-hybridized carbons (Fsp3) is 0.571. The van der Waals surface area contributed by atoms with Gasteiger partial charge in [-0.05, 0) is 42.4 Å². The van der Waals surface area contributed by atoms with Gasteiger partial charge in [0.15, 0.2) is 0 Å². The van der Waals surface area contributed by atoms with Crippen molar-refractivity contribution in [2.75, 3.05) is 6.54 Å². The van der Waals surface area contributed by atoms with E-state index < -0.39 is 10.0 Å². The standard InChI is InChI=1S/C14H22N2O2S/c1-2-14(8-3-9-14)11-16-19(17,18)13-6-4-12(10-15)5-7-13/h4-7,16H,2-3,8-11,15H2,1H3. The van der Waals surface area contributed by atoms with Crippen LogP contribution in [0.2, 0.25) is 0 Å². The van der Waals surface area contributed by atoms with Crippen LogP contribution in [0.4, 0.5) is 0 Å². The van der Waals surface area contributed by atoms with Crippen molar-refractivity contribution in [1.82, 2.24) is 4.72 Å². The minimum Gasteiger partial charge on any atom is -0.326 e. The summed E-state index contributed by atoms with van der Waals surface area (Å²) in [5.74, 6) is 0. The molecule has 0 atom stereocenters. The number of nitrogens with two attached hydrogens (primary N) is 1. The summed E-state index contributed by atoms with van der Waals surface area (Å²) < 4.78 is 27.1. The van der Waals surface area contributed by atoms with Crippen molar-refractivity contribution in [3.8, 4) is 0 Å². The molecule has 0 saturated heterocycles. The van der Waals surface area contributed by atoms with E-state index >= 15 is 0 Å². The summed E-state index contributed by atoms with van der Waals surface area (Å²) in [6.45, 7) is 3.10. The third-order valence-corrected chi connectivity index (χ3v) is 5.69. The highest BCUT2D eigenvalue weighted by Gasteiger charge is 2.36. The van der Waals surface area contributed by atoms with Gasteiger partial charge in [0.1, 0.15) is 0 Å². The second kappa shape index (κ2) is 5.61. The molecule has 1 saturated carbocycles. The molecule has 2 rings (SSSR count). The zero-order valence-corrected chi connectivity index (χ0v) is 12.2. The van der Waals surface area contributed by atoms with Crippen molar-refractivity contribution in [3.05, 3.63) is 29.8 Å². The van der Waals surface area contributed by atoms with Crippen molar-refractivity contribution in [2.24, 2.45) is 11.1 Å². The molecule has 1 fully saturated rings. The van der Waals surface area contributed by atoms with Crippen molar-refractivity contribution in [3.63, 3.8) is 0 Å². The number of nitrogens with one attached hydrogen (secondary N) is 1. The third-order valence-electron chi connectivity index (χ3n) is 4.27. The van der Waals surface area contributed by atoms with E-state index in [2.05, 4.69) is 11.6 Å². The van der Waals surface area contributed by atoms with E-state index in [4.69, 9.17) is 5.73 Å². The lowest BCUT2D eigenvalue weighted by atomic mass is 9.67. The molecule has 1 aromatic carbocycles. The Morgan fingerprint density at radius 2 is 1.89 bits per heavy atom. The number of benzene rings is 1. The zero-order valence-electron chi connectivity index (χ0n) is 11.4. The highest BCUT2D eigenvalue weighted by molar-refractivity contribution is 7.89. The normalized spacial score (nSPS) is 18.0. The molecular formula is C14H22N2O2S. The molecule has 0 amide bonds. The van der Waals surface area contributed by atoms with Gasteiger partial charge in [-0.1, -0.05) is 25.5 Å². The smallest absolute Gasteiger partial charge is 0.240 e. The monoisotopic (exact) mass is 282 g/mol. The molecular weight excluding hydrogens is 260 g/mol. The van der Waals surface area contributed by atoms with Crippen LogP contribution < -0.4 is 10.5 Å². The Labute approximate surface area is 115 Å². The number of rotatable bonds is 6. The van der Waals surface area contributed by atoms with Crippen molar-refractivity contribution < 1.29 is 8.42 Å². The van der Waals surface area contributed by atoms with Gasteiger partial charge in [0.05, 0.1) is 4.90 Å². The van der Waals surface area contributed by atoms with Gasteiger partial charge in [-0.15, -0.1) is 0 Å². The predicted molar refractivity (Wildman–Crippen MR) is 76.1 cm³/mol. The molecule has 0 unspecified atom stereocenters. The largest absolute Gasteiger partial charge is 0.326 e. The van der Waals surface area contributed by atoms with Gasteiger partial charge >= 0.3 is 0 Å². The second-order valence-corrected chi connectivity index (χ2v) is 7.15. The SMILES string of the molecule is CCC1(CNS(=O)(=O)c2ccc(CN)cc2)CCC1. The van der Waals surface area contributed by atoms with Crippen LogP contribution in [0.1, 0.15) is 38.2 Å². The zero-order chi connectivity index (χ0) is 13.9. The molecule has 5 heteroatoms. The van der Waals surface area contributed by atoms with Crippen LogP contribution in [0.3, 0.4) is 0 Å². The maximum absolute atomic E-state index is 12.2. The Morgan fingerprint density at radius 1 is 1.26 bits per heavy atom. The minimum atomic E-state index is -3.40. The second-order valence-electron chi connectivity index (χ2n) is 5.38. The van der Waals surface area contributed by atoms with E-state index in [-0.39, 0.29) is 5.41 Å². The van der Waals surface area contributed by atoms with E-state index in [1.165, 1.54) is 6.42 Å². The molecule has 3 N–H and O–H groups in total. The van der Waals surface area contributed by atoms with Gasteiger partial charge in [-0.2, -0.15) is 0 Å². The summed E-state index contributed by atoms with van der Waals surface area (Å²) >= 11 is 0. The molecule has 1 aliphatic carbocycles. The van der Waals surface area contributed by atoms with Crippen LogP contribution in [0.5, 0.6) is 0 Å². The Morgan fingerprint density at radius 3 is 2.32 bits per heavy atom. The topological polar surface area (TPSA) is 72.2 Å². The molecule has 4 nitrogen and oxygen atoms in total. The first-order chi connectivity index (χ1) is 9.01. The van der Waals surface area contributed by atoms with Gasteiger partial charge in [-0.25, -0.2) is 13.1 Å². The maximum Gasteiger partial charge on any atom is 0.240 e. The summed E-state index contributed by atoms with van der Waals surface area (Å²) in [7, 11) is -3.40. The molecule has 0 aromatic heterocycles. The minimum absolute atomic E-state index is 0.185. The van der Waals surface area contributed by atoms with Crippen LogP contribution in [-0.4, -0.2) is 15.0 Å². The molecule has 106 valence electrons. The summed E-state index contributed by atoms with van der Waals surface area (Å²) in [6, 6.07) is 6.74. The summed E-state index contributed by atoms with van der Waals surface area (Å²) in [6.07, 6.45) is 4.48. The number of hydrogen-bond donors (Lipinski definition) is 2. The fourth-order valence-electron chi connectivity index (χ4n) is 2.47. The van der Waals surface area contributed by atoms with E-state index in [0.717, 1.165) is 24.8 Å². The first-order valence-electron chi connectivity index (χ1n) is 6.80. The summed E-state index contributed by atoms with van der Waals surface area (Å²) in [5, 5.41) is 0. The first-order valence-corrected chi connectivity index (χ1v) is 8.28. The van der Waals surface area contributed by atoms with Crippen LogP contribution >= 0.6 is 0 Å².